The van der Waals surface area contributed by atoms with Crippen LogP contribution in [0.15, 0.2) is 24.3 Å². The maximum atomic E-state index is 11.7. The highest BCUT2D eigenvalue weighted by molar-refractivity contribution is 5.90. The van der Waals surface area contributed by atoms with Gasteiger partial charge in [0.15, 0.2) is 0 Å². The molecule has 0 bridgehead atoms. The van der Waals surface area contributed by atoms with Crippen molar-refractivity contribution in [2.45, 2.75) is 33.1 Å². The second-order valence-electron chi connectivity index (χ2n) is 5.03. The molecule has 4 heteroatoms. The third-order valence-electron chi connectivity index (χ3n) is 2.56. The summed E-state index contributed by atoms with van der Waals surface area (Å²) in [6, 6.07) is 7.49. The maximum absolute atomic E-state index is 11.7. The van der Waals surface area contributed by atoms with Crippen LogP contribution in [0.1, 0.15) is 33.1 Å². The molecular weight excluding hydrogens is 240 g/mol. The Labute approximate surface area is 115 Å². The predicted molar refractivity (Wildman–Crippen MR) is 78.3 cm³/mol. The number of nitrogens with one attached hydrogen (secondary N) is 1. The third-order valence-corrected chi connectivity index (χ3v) is 2.56. The molecule has 0 saturated carbocycles. The number of hydrogen-bond donors (Lipinski definition) is 2. The van der Waals surface area contributed by atoms with Crippen molar-refractivity contribution >= 4 is 11.6 Å². The molecule has 0 aliphatic rings. The average Bonchev–Trinajstić information content (AvgIpc) is 2.37. The van der Waals surface area contributed by atoms with Crippen LogP contribution in [0.25, 0.3) is 0 Å². The summed E-state index contributed by atoms with van der Waals surface area (Å²) in [5.41, 5.74) is 6.17. The minimum atomic E-state index is 0.0226. The summed E-state index contributed by atoms with van der Waals surface area (Å²) in [6.45, 7) is 5.51. The van der Waals surface area contributed by atoms with Crippen molar-refractivity contribution in [3.63, 3.8) is 0 Å². The first-order valence-corrected chi connectivity index (χ1v) is 6.84. The van der Waals surface area contributed by atoms with Crippen molar-refractivity contribution in [1.29, 1.82) is 0 Å². The van der Waals surface area contributed by atoms with E-state index in [0.29, 0.717) is 25.5 Å². The normalized spacial score (nSPS) is 10.5. The summed E-state index contributed by atoms with van der Waals surface area (Å²) in [5, 5.41) is 2.87. The largest absolute Gasteiger partial charge is 0.493 e. The van der Waals surface area contributed by atoms with Crippen LogP contribution in [0, 0.1) is 5.92 Å². The van der Waals surface area contributed by atoms with Gasteiger partial charge < -0.3 is 15.8 Å². The lowest BCUT2D eigenvalue weighted by atomic mass is 10.2. The summed E-state index contributed by atoms with van der Waals surface area (Å²) in [5.74, 6) is 1.29. The molecule has 0 aliphatic heterocycles. The second kappa shape index (κ2) is 8.53. The van der Waals surface area contributed by atoms with Crippen molar-refractivity contribution < 1.29 is 9.53 Å². The third kappa shape index (κ3) is 6.82. The first-order chi connectivity index (χ1) is 9.11. The van der Waals surface area contributed by atoms with Crippen LogP contribution in [0.3, 0.4) is 0 Å². The first kappa shape index (κ1) is 15.5. The van der Waals surface area contributed by atoms with Gasteiger partial charge in [0.05, 0.1) is 6.61 Å². The fraction of sp³-hybridized carbons (Fsp3) is 0.533. The number of benzene rings is 1. The molecule has 1 rings (SSSR count). The van der Waals surface area contributed by atoms with Gasteiger partial charge in [-0.05, 0) is 37.4 Å². The van der Waals surface area contributed by atoms with Crippen molar-refractivity contribution in [1.82, 2.24) is 0 Å². The Bertz CT molecular complexity index is 391. The van der Waals surface area contributed by atoms with E-state index in [0.717, 1.165) is 24.3 Å². The molecule has 4 nitrogen and oxygen atoms in total. The molecule has 0 heterocycles. The predicted octanol–water partition coefficient (Wildman–Crippen LogP) is 2.79. The smallest absolute Gasteiger partial charge is 0.224 e. The van der Waals surface area contributed by atoms with E-state index < -0.39 is 0 Å². The number of unbranched alkanes of at least 4 members (excludes halogenated alkanes) is 1. The minimum absolute atomic E-state index is 0.0226. The van der Waals surface area contributed by atoms with Crippen LogP contribution in [0.2, 0.25) is 0 Å². The van der Waals surface area contributed by atoms with Gasteiger partial charge in [-0.15, -0.1) is 0 Å². The lowest BCUT2D eigenvalue weighted by Gasteiger charge is -2.10. The van der Waals surface area contributed by atoms with Crippen molar-refractivity contribution in [2.24, 2.45) is 11.7 Å². The Hall–Kier alpha value is -1.55. The number of rotatable bonds is 8. The number of ether oxygens (including phenoxy) is 1. The van der Waals surface area contributed by atoms with Gasteiger partial charge in [-0.25, -0.2) is 0 Å². The molecule has 0 radical (unpaired) electrons. The zero-order valence-corrected chi connectivity index (χ0v) is 11.8. The summed E-state index contributed by atoms with van der Waals surface area (Å²) in [4.78, 5) is 11.7. The monoisotopic (exact) mass is 264 g/mol. The zero-order valence-electron chi connectivity index (χ0n) is 11.8. The van der Waals surface area contributed by atoms with E-state index in [1.807, 2.05) is 24.3 Å². The fourth-order valence-corrected chi connectivity index (χ4v) is 1.58. The molecule has 0 aliphatic carbocycles. The van der Waals surface area contributed by atoms with E-state index in [2.05, 4.69) is 19.2 Å². The lowest BCUT2D eigenvalue weighted by molar-refractivity contribution is -0.116. The van der Waals surface area contributed by atoms with Crippen molar-refractivity contribution in [3.05, 3.63) is 24.3 Å². The van der Waals surface area contributed by atoms with E-state index in [1.54, 1.807) is 0 Å². The molecule has 0 aromatic heterocycles. The molecule has 0 fully saturated rings. The maximum Gasteiger partial charge on any atom is 0.224 e. The van der Waals surface area contributed by atoms with E-state index in [-0.39, 0.29) is 5.91 Å². The van der Waals surface area contributed by atoms with Gasteiger partial charge in [-0.3, -0.25) is 4.79 Å². The zero-order chi connectivity index (χ0) is 14.1. The molecule has 0 atom stereocenters. The standard InChI is InChI=1S/C15H24N2O2/c1-12(2)11-19-14-7-5-6-13(10-14)17-15(18)8-3-4-9-16/h5-7,10,12H,3-4,8-9,11,16H2,1-2H3,(H,17,18). The molecule has 19 heavy (non-hydrogen) atoms. The molecule has 1 aromatic rings. The van der Waals surface area contributed by atoms with Crippen molar-refractivity contribution in [2.75, 3.05) is 18.5 Å². The number of carbonyl (C=O) groups excluding carboxylic acids is 1. The Morgan fingerprint density at radius 1 is 1.37 bits per heavy atom. The molecule has 1 aromatic carbocycles. The minimum Gasteiger partial charge on any atom is -0.493 e. The SMILES string of the molecule is CC(C)COc1cccc(NC(=O)CCCCN)c1. The van der Waals surface area contributed by atoms with Crippen molar-refractivity contribution in [3.8, 4) is 5.75 Å². The van der Waals surface area contributed by atoms with Gasteiger partial charge in [-0.1, -0.05) is 19.9 Å². The van der Waals surface area contributed by atoms with Crippen LogP contribution in [0.5, 0.6) is 5.75 Å². The summed E-state index contributed by atoms with van der Waals surface area (Å²) >= 11 is 0. The molecule has 3 N–H and O–H groups in total. The molecule has 0 saturated heterocycles. The van der Waals surface area contributed by atoms with Crippen LogP contribution in [0.4, 0.5) is 5.69 Å². The number of hydrogen-bond acceptors (Lipinski definition) is 3. The molecule has 1 amide bonds. The Morgan fingerprint density at radius 2 is 2.16 bits per heavy atom. The summed E-state index contributed by atoms with van der Waals surface area (Å²) in [7, 11) is 0. The van der Waals surface area contributed by atoms with Gasteiger partial charge in [0.25, 0.3) is 0 Å². The number of anilines is 1. The highest BCUT2D eigenvalue weighted by atomic mass is 16.5. The molecule has 0 unspecified atom stereocenters. The van der Waals surface area contributed by atoms with Crippen LogP contribution >= 0.6 is 0 Å². The number of carbonyl (C=O) groups is 1. The average molecular weight is 264 g/mol. The topological polar surface area (TPSA) is 64.3 Å². The van der Waals surface area contributed by atoms with Gasteiger partial charge in [-0.2, -0.15) is 0 Å². The fourth-order valence-electron chi connectivity index (χ4n) is 1.58. The summed E-state index contributed by atoms with van der Waals surface area (Å²) in [6.07, 6.45) is 2.21. The lowest BCUT2D eigenvalue weighted by Crippen LogP contribution is -2.12. The number of amides is 1. The second-order valence-corrected chi connectivity index (χ2v) is 5.03. The van der Waals surface area contributed by atoms with Gasteiger partial charge in [0, 0.05) is 18.2 Å². The highest BCUT2D eigenvalue weighted by Crippen LogP contribution is 2.18. The Kier molecular flexibility index (Phi) is 6.97. The Morgan fingerprint density at radius 3 is 2.84 bits per heavy atom. The number of nitrogens with two attached hydrogens (primary N) is 1. The summed E-state index contributed by atoms with van der Waals surface area (Å²) < 4.78 is 5.62. The van der Waals surface area contributed by atoms with E-state index >= 15 is 0 Å². The van der Waals surface area contributed by atoms with Gasteiger partial charge in [0.1, 0.15) is 5.75 Å². The van der Waals surface area contributed by atoms with E-state index in [4.69, 9.17) is 10.5 Å². The highest BCUT2D eigenvalue weighted by Gasteiger charge is 2.03. The van der Waals surface area contributed by atoms with Crippen LogP contribution in [-0.2, 0) is 4.79 Å². The van der Waals surface area contributed by atoms with Crippen LogP contribution in [-0.4, -0.2) is 19.1 Å². The molecule has 106 valence electrons. The van der Waals surface area contributed by atoms with Gasteiger partial charge in [0.2, 0.25) is 5.91 Å². The van der Waals surface area contributed by atoms with Crippen LogP contribution < -0.4 is 15.8 Å². The molecule has 0 spiro atoms. The van der Waals surface area contributed by atoms with E-state index in [9.17, 15) is 4.79 Å². The Balaban J connectivity index is 2.45. The molecular formula is C15H24N2O2. The van der Waals surface area contributed by atoms with Gasteiger partial charge >= 0.3 is 0 Å². The van der Waals surface area contributed by atoms with E-state index in [1.165, 1.54) is 0 Å². The quantitative estimate of drug-likeness (QED) is 0.710. The first-order valence-electron chi connectivity index (χ1n) is 6.84.